The molecule has 6 heteroatoms. The van der Waals surface area contributed by atoms with Crippen LogP contribution < -0.4 is 15.5 Å². The van der Waals surface area contributed by atoms with Gasteiger partial charge in [0.15, 0.2) is 0 Å². The van der Waals surface area contributed by atoms with Crippen LogP contribution in [0.25, 0.3) is 0 Å². The molecule has 0 radical (unpaired) electrons. The average Bonchev–Trinajstić information content (AvgIpc) is 2.67. The number of carbonyl (C=O) groups is 3. The van der Waals surface area contributed by atoms with E-state index in [-0.39, 0.29) is 5.91 Å². The highest BCUT2D eigenvalue weighted by molar-refractivity contribution is 6.43. The SMILES string of the molecule is Cc1ccc(C)c(NC(=O)C(=O)Nc2cc3c4c(c2)CCC(=O)N4CCC3)c1. The third-order valence-corrected chi connectivity index (χ3v) is 5.38. The lowest BCUT2D eigenvalue weighted by atomic mass is 9.91. The maximum Gasteiger partial charge on any atom is 0.314 e. The second-order valence-corrected chi connectivity index (χ2v) is 7.52. The molecule has 0 saturated carbocycles. The molecule has 0 aromatic heterocycles. The number of hydrogen-bond acceptors (Lipinski definition) is 3. The number of nitrogens with one attached hydrogen (secondary N) is 2. The lowest BCUT2D eigenvalue weighted by Crippen LogP contribution is -2.39. The van der Waals surface area contributed by atoms with E-state index in [0.29, 0.717) is 24.2 Å². The third-order valence-electron chi connectivity index (χ3n) is 5.38. The van der Waals surface area contributed by atoms with Crippen LogP contribution in [0.15, 0.2) is 30.3 Å². The summed E-state index contributed by atoms with van der Waals surface area (Å²) in [4.78, 5) is 38.8. The van der Waals surface area contributed by atoms with E-state index in [1.54, 1.807) is 0 Å². The molecule has 3 amide bonds. The van der Waals surface area contributed by atoms with E-state index in [0.717, 1.165) is 47.3 Å². The van der Waals surface area contributed by atoms with Crippen LogP contribution >= 0.6 is 0 Å². The summed E-state index contributed by atoms with van der Waals surface area (Å²) in [7, 11) is 0. The molecule has 2 aromatic carbocycles. The fourth-order valence-electron chi connectivity index (χ4n) is 3.96. The van der Waals surface area contributed by atoms with Crippen LogP contribution in [0.5, 0.6) is 0 Å². The predicted molar refractivity (Wildman–Crippen MR) is 109 cm³/mol. The van der Waals surface area contributed by atoms with E-state index in [9.17, 15) is 14.4 Å². The zero-order valence-corrected chi connectivity index (χ0v) is 16.1. The number of nitrogens with zero attached hydrogens (tertiary/aromatic N) is 1. The Labute approximate surface area is 163 Å². The molecule has 2 heterocycles. The molecule has 0 unspecified atom stereocenters. The second kappa shape index (κ2) is 7.11. The maximum atomic E-state index is 12.4. The van der Waals surface area contributed by atoms with Gasteiger partial charge in [0.1, 0.15) is 0 Å². The van der Waals surface area contributed by atoms with Crippen LogP contribution in [0, 0.1) is 13.8 Å². The summed E-state index contributed by atoms with van der Waals surface area (Å²) in [5, 5.41) is 5.40. The summed E-state index contributed by atoms with van der Waals surface area (Å²) in [6, 6.07) is 9.47. The molecule has 0 fully saturated rings. The molecule has 0 spiro atoms. The van der Waals surface area contributed by atoms with Crippen molar-refractivity contribution in [2.75, 3.05) is 22.1 Å². The molecule has 2 N–H and O–H groups in total. The van der Waals surface area contributed by atoms with Crippen molar-refractivity contribution >= 4 is 34.8 Å². The van der Waals surface area contributed by atoms with Crippen LogP contribution in [0.2, 0.25) is 0 Å². The van der Waals surface area contributed by atoms with Crippen LogP contribution in [0.4, 0.5) is 17.1 Å². The Kier molecular flexibility index (Phi) is 4.63. The summed E-state index contributed by atoms with van der Waals surface area (Å²) >= 11 is 0. The number of aryl methyl sites for hydroxylation is 4. The maximum absolute atomic E-state index is 12.4. The molecular formula is C22H23N3O3. The van der Waals surface area contributed by atoms with Gasteiger partial charge in [-0.25, -0.2) is 0 Å². The van der Waals surface area contributed by atoms with Crippen molar-refractivity contribution in [3.8, 4) is 0 Å². The second-order valence-electron chi connectivity index (χ2n) is 7.52. The first-order chi connectivity index (χ1) is 13.4. The first kappa shape index (κ1) is 18.2. The van der Waals surface area contributed by atoms with Gasteiger partial charge in [0, 0.05) is 24.3 Å². The van der Waals surface area contributed by atoms with E-state index in [4.69, 9.17) is 0 Å². The van der Waals surface area contributed by atoms with Gasteiger partial charge in [-0.3, -0.25) is 14.4 Å². The molecule has 0 aliphatic carbocycles. The van der Waals surface area contributed by atoms with Crippen LogP contribution in [0.1, 0.15) is 35.1 Å². The molecule has 0 saturated heterocycles. The van der Waals surface area contributed by atoms with E-state index in [2.05, 4.69) is 10.6 Å². The number of anilines is 3. The number of rotatable bonds is 2. The lowest BCUT2D eigenvalue weighted by molar-refractivity contribution is -0.133. The highest BCUT2D eigenvalue weighted by Crippen LogP contribution is 2.37. The van der Waals surface area contributed by atoms with E-state index in [1.165, 1.54) is 0 Å². The summed E-state index contributed by atoms with van der Waals surface area (Å²) < 4.78 is 0. The fourth-order valence-corrected chi connectivity index (χ4v) is 3.96. The van der Waals surface area contributed by atoms with Gasteiger partial charge >= 0.3 is 11.8 Å². The smallest absolute Gasteiger partial charge is 0.314 e. The molecule has 6 nitrogen and oxygen atoms in total. The van der Waals surface area contributed by atoms with E-state index in [1.807, 2.05) is 49.1 Å². The van der Waals surface area contributed by atoms with Gasteiger partial charge in [-0.1, -0.05) is 12.1 Å². The van der Waals surface area contributed by atoms with Gasteiger partial charge in [-0.2, -0.15) is 0 Å². The van der Waals surface area contributed by atoms with Crippen molar-refractivity contribution in [1.82, 2.24) is 0 Å². The largest absolute Gasteiger partial charge is 0.318 e. The number of benzene rings is 2. The minimum atomic E-state index is -0.701. The van der Waals surface area contributed by atoms with Crippen molar-refractivity contribution in [2.45, 2.75) is 39.5 Å². The van der Waals surface area contributed by atoms with E-state index >= 15 is 0 Å². The van der Waals surface area contributed by atoms with Crippen molar-refractivity contribution in [3.05, 3.63) is 52.6 Å². The highest BCUT2D eigenvalue weighted by Gasteiger charge is 2.30. The van der Waals surface area contributed by atoms with Gasteiger partial charge in [-0.15, -0.1) is 0 Å². The molecule has 0 atom stereocenters. The van der Waals surface area contributed by atoms with Crippen molar-refractivity contribution in [2.24, 2.45) is 0 Å². The fraction of sp³-hybridized carbons (Fsp3) is 0.318. The Morgan fingerprint density at radius 1 is 0.929 bits per heavy atom. The minimum Gasteiger partial charge on any atom is -0.318 e. The first-order valence-electron chi connectivity index (χ1n) is 9.58. The van der Waals surface area contributed by atoms with Crippen LogP contribution in [0.3, 0.4) is 0 Å². The molecule has 2 aromatic rings. The van der Waals surface area contributed by atoms with Crippen molar-refractivity contribution in [3.63, 3.8) is 0 Å². The Bertz CT molecular complexity index is 980. The normalized spacial score (nSPS) is 15.1. The zero-order valence-electron chi connectivity index (χ0n) is 16.1. The van der Waals surface area contributed by atoms with Gasteiger partial charge in [0.05, 0.1) is 5.69 Å². The highest BCUT2D eigenvalue weighted by atomic mass is 16.2. The van der Waals surface area contributed by atoms with Gasteiger partial charge in [0.2, 0.25) is 5.91 Å². The molecule has 28 heavy (non-hydrogen) atoms. The monoisotopic (exact) mass is 377 g/mol. The third kappa shape index (κ3) is 3.38. The van der Waals surface area contributed by atoms with Crippen LogP contribution in [-0.4, -0.2) is 24.3 Å². The quantitative estimate of drug-likeness (QED) is 0.790. The zero-order chi connectivity index (χ0) is 19.8. The van der Waals surface area contributed by atoms with Gasteiger partial charge < -0.3 is 15.5 Å². The Morgan fingerprint density at radius 3 is 2.43 bits per heavy atom. The minimum absolute atomic E-state index is 0.165. The molecule has 2 aliphatic heterocycles. The molecule has 4 rings (SSSR count). The number of amides is 3. The molecule has 0 bridgehead atoms. The summed E-state index contributed by atoms with van der Waals surface area (Å²) in [5.74, 6) is -1.23. The number of hydrogen-bond donors (Lipinski definition) is 2. The predicted octanol–water partition coefficient (Wildman–Crippen LogP) is 3.11. The number of carbonyl (C=O) groups excluding carboxylic acids is 3. The summed E-state index contributed by atoms with van der Waals surface area (Å²) in [6.07, 6.45) is 2.92. The Hall–Kier alpha value is -3.15. The summed E-state index contributed by atoms with van der Waals surface area (Å²) in [6.45, 7) is 4.57. The van der Waals surface area contributed by atoms with Crippen molar-refractivity contribution in [1.29, 1.82) is 0 Å². The van der Waals surface area contributed by atoms with Crippen LogP contribution in [-0.2, 0) is 27.2 Å². The Morgan fingerprint density at radius 2 is 1.64 bits per heavy atom. The molecule has 2 aliphatic rings. The average molecular weight is 377 g/mol. The lowest BCUT2D eigenvalue weighted by Gasteiger charge is -2.35. The van der Waals surface area contributed by atoms with Crippen molar-refractivity contribution < 1.29 is 14.4 Å². The first-order valence-corrected chi connectivity index (χ1v) is 9.58. The molecule has 144 valence electrons. The standard InChI is InChI=1S/C22H23N3O3/c1-13-5-6-14(2)18(10-13)24-22(28)21(27)23-17-11-15-4-3-9-25-19(26)8-7-16(12-17)20(15)25/h5-6,10-12H,3-4,7-9H2,1-2H3,(H,23,27)(H,24,28). The van der Waals surface area contributed by atoms with E-state index < -0.39 is 11.8 Å². The topological polar surface area (TPSA) is 78.5 Å². The summed E-state index contributed by atoms with van der Waals surface area (Å²) in [5.41, 5.74) is 6.26. The van der Waals surface area contributed by atoms with Gasteiger partial charge in [0.25, 0.3) is 0 Å². The van der Waals surface area contributed by atoms with Gasteiger partial charge in [-0.05, 0) is 73.6 Å². The molecular weight excluding hydrogens is 354 g/mol. The Balaban J connectivity index is 1.53.